The molecule has 0 aliphatic carbocycles. The number of benzene rings is 1. The molecule has 0 fully saturated rings. The van der Waals surface area contributed by atoms with Crippen molar-refractivity contribution in [3.63, 3.8) is 0 Å². The van der Waals surface area contributed by atoms with Gasteiger partial charge in [0.25, 0.3) is 5.85 Å². The summed E-state index contributed by atoms with van der Waals surface area (Å²) in [6, 6.07) is 9.12. The topological polar surface area (TPSA) is 57.5 Å². The molecular weight excluding hydrogens is 175 g/mol. The number of hydrogen-bond acceptors (Lipinski definition) is 2. The smallest absolute Gasteiger partial charge is 0.348 e. The van der Waals surface area contributed by atoms with Gasteiger partial charge in [-0.05, 0) is 10.1 Å². The van der Waals surface area contributed by atoms with Crippen LogP contribution in [-0.4, -0.2) is 15.8 Å². The minimum absolute atomic E-state index is 0.229. The van der Waals surface area contributed by atoms with Gasteiger partial charge in [-0.25, -0.2) is 0 Å². The summed E-state index contributed by atoms with van der Waals surface area (Å²) < 4.78 is 10.4. The van der Waals surface area contributed by atoms with Gasteiger partial charge in [0.15, 0.2) is 0 Å². The normalized spacial score (nSPS) is 14.0. The summed E-state index contributed by atoms with van der Waals surface area (Å²) >= 11 is 0. The Balaban J connectivity index is 2.58. The van der Waals surface area contributed by atoms with Gasteiger partial charge >= 0.3 is 8.03 Å². The lowest BCUT2D eigenvalue weighted by molar-refractivity contribution is 0.238. The molecule has 2 atom stereocenters. The summed E-state index contributed by atoms with van der Waals surface area (Å²) in [6.45, 7) is 0. The van der Waals surface area contributed by atoms with E-state index in [1.165, 1.54) is 0 Å². The van der Waals surface area contributed by atoms with Gasteiger partial charge in [0.1, 0.15) is 0 Å². The fraction of sp³-hybridized carbons (Fsp3) is 0.250. The van der Waals surface area contributed by atoms with Gasteiger partial charge in [-0.3, -0.25) is 0 Å². The van der Waals surface area contributed by atoms with Crippen LogP contribution in [0.15, 0.2) is 30.3 Å². The van der Waals surface area contributed by atoms with E-state index in [1.54, 1.807) is 0 Å². The van der Waals surface area contributed by atoms with Crippen molar-refractivity contribution >= 4 is 8.03 Å². The average Bonchev–Trinajstić information content (AvgIpc) is 2.06. The maximum Gasteiger partial charge on any atom is 0.537 e. The summed E-state index contributed by atoms with van der Waals surface area (Å²) in [4.78, 5) is 8.54. The zero-order chi connectivity index (χ0) is 8.97. The zero-order valence-corrected chi connectivity index (χ0v) is 7.32. The highest BCUT2D eigenvalue weighted by molar-refractivity contribution is 7.38. The number of hydrogen-bond donors (Lipinski definition) is 2. The number of rotatable bonds is 3. The maximum atomic E-state index is 10.4. The van der Waals surface area contributed by atoms with E-state index in [1.807, 2.05) is 30.3 Å². The minimum atomic E-state index is -2.48. The van der Waals surface area contributed by atoms with Gasteiger partial charge in [0.05, 0.1) is 0 Å². The molecule has 0 bridgehead atoms. The molecule has 0 radical (unpaired) electrons. The van der Waals surface area contributed by atoms with Crippen LogP contribution in [-0.2, 0) is 11.0 Å². The van der Waals surface area contributed by atoms with Crippen molar-refractivity contribution in [3.8, 4) is 0 Å². The first-order valence-electron chi connectivity index (χ1n) is 3.57. The number of aliphatic hydroxyl groups excluding tert-OH is 1. The van der Waals surface area contributed by atoms with Crippen molar-refractivity contribution in [2.45, 2.75) is 12.3 Å². The van der Waals surface area contributed by atoms with Crippen molar-refractivity contribution in [2.75, 3.05) is 0 Å². The van der Waals surface area contributed by atoms with E-state index >= 15 is 0 Å². The van der Waals surface area contributed by atoms with Crippen LogP contribution in [0.2, 0.25) is 0 Å². The highest BCUT2D eigenvalue weighted by Gasteiger charge is 2.25. The van der Waals surface area contributed by atoms with Gasteiger partial charge in [-0.15, -0.1) is 0 Å². The molecule has 0 spiro atoms. The Morgan fingerprint density at radius 1 is 1.33 bits per heavy atom. The second kappa shape index (κ2) is 4.31. The Morgan fingerprint density at radius 3 is 2.42 bits per heavy atom. The molecule has 0 saturated carbocycles. The van der Waals surface area contributed by atoms with Gasteiger partial charge < -0.3 is 5.11 Å². The highest BCUT2D eigenvalue weighted by Crippen LogP contribution is 2.22. The average molecular weight is 185 g/mol. The molecule has 0 aromatic heterocycles. The standard InChI is InChI=1S/C8H9O3P/c9-8(12(10)11)6-7-4-2-1-3-5-7/h1-5,8-9H,6H2/p+1. The zero-order valence-electron chi connectivity index (χ0n) is 6.42. The van der Waals surface area contributed by atoms with Crippen LogP contribution in [0.3, 0.4) is 0 Å². The Morgan fingerprint density at radius 2 is 1.92 bits per heavy atom. The molecule has 0 saturated heterocycles. The fourth-order valence-electron chi connectivity index (χ4n) is 0.903. The van der Waals surface area contributed by atoms with Gasteiger partial charge in [0, 0.05) is 6.42 Å². The summed E-state index contributed by atoms with van der Waals surface area (Å²) in [5.74, 6) is -1.15. The first-order valence-corrected chi connectivity index (χ1v) is 4.85. The minimum Gasteiger partial charge on any atom is -0.348 e. The Bertz CT molecular complexity index is 260. The monoisotopic (exact) mass is 185 g/mol. The lowest BCUT2D eigenvalue weighted by atomic mass is 10.2. The van der Waals surface area contributed by atoms with E-state index in [4.69, 9.17) is 10.00 Å². The lowest BCUT2D eigenvalue weighted by Gasteiger charge is -1.97. The molecule has 0 amide bonds. The molecule has 1 aromatic rings. The third kappa shape index (κ3) is 2.70. The molecule has 4 heteroatoms. The summed E-state index contributed by atoms with van der Waals surface area (Å²) in [7, 11) is -2.48. The van der Waals surface area contributed by atoms with E-state index in [0.717, 1.165) is 5.56 Å². The predicted octanol–water partition coefficient (Wildman–Crippen LogP) is 1.28. The van der Waals surface area contributed by atoms with E-state index in [0.29, 0.717) is 0 Å². The highest BCUT2D eigenvalue weighted by atomic mass is 31.1. The van der Waals surface area contributed by atoms with Crippen molar-refractivity contribution in [1.82, 2.24) is 0 Å². The summed E-state index contributed by atoms with van der Waals surface area (Å²) in [5.41, 5.74) is 0.863. The molecule has 2 N–H and O–H groups in total. The summed E-state index contributed by atoms with van der Waals surface area (Å²) in [5, 5.41) is 9.05. The quantitative estimate of drug-likeness (QED) is 0.697. The van der Waals surface area contributed by atoms with Crippen LogP contribution in [0.4, 0.5) is 0 Å². The van der Waals surface area contributed by atoms with Crippen LogP contribution < -0.4 is 0 Å². The molecule has 12 heavy (non-hydrogen) atoms. The molecule has 2 unspecified atom stereocenters. The van der Waals surface area contributed by atoms with Gasteiger partial charge in [-0.1, -0.05) is 30.3 Å². The van der Waals surface area contributed by atoms with Gasteiger partial charge in [-0.2, -0.15) is 4.89 Å². The SMILES string of the molecule is O=[P+](O)C(O)Cc1ccccc1. The second-order valence-electron chi connectivity index (χ2n) is 2.47. The third-order valence-corrected chi connectivity index (χ3v) is 2.21. The van der Waals surface area contributed by atoms with Crippen molar-refractivity contribution in [1.29, 1.82) is 0 Å². The first-order chi connectivity index (χ1) is 5.70. The molecule has 1 aromatic carbocycles. The fourth-order valence-corrected chi connectivity index (χ4v) is 1.27. The van der Waals surface area contributed by atoms with E-state index in [-0.39, 0.29) is 6.42 Å². The van der Waals surface area contributed by atoms with Crippen LogP contribution in [0.25, 0.3) is 0 Å². The van der Waals surface area contributed by atoms with E-state index < -0.39 is 13.9 Å². The molecule has 0 heterocycles. The molecule has 0 aliphatic rings. The van der Waals surface area contributed by atoms with E-state index in [9.17, 15) is 4.57 Å². The van der Waals surface area contributed by atoms with Crippen molar-refractivity contribution < 1.29 is 14.6 Å². The molecule has 0 aliphatic heterocycles. The molecule has 3 nitrogen and oxygen atoms in total. The Hall–Kier alpha value is -0.760. The Kier molecular flexibility index (Phi) is 3.35. The molecular formula is C8H10O3P+. The van der Waals surface area contributed by atoms with E-state index in [2.05, 4.69) is 0 Å². The maximum absolute atomic E-state index is 10.4. The van der Waals surface area contributed by atoms with Crippen LogP contribution in [0.1, 0.15) is 5.56 Å². The predicted molar refractivity (Wildman–Crippen MR) is 46.0 cm³/mol. The van der Waals surface area contributed by atoms with Crippen molar-refractivity contribution in [2.24, 2.45) is 0 Å². The van der Waals surface area contributed by atoms with Crippen LogP contribution in [0.5, 0.6) is 0 Å². The van der Waals surface area contributed by atoms with Gasteiger partial charge in [0.2, 0.25) is 0 Å². The van der Waals surface area contributed by atoms with Crippen molar-refractivity contribution in [3.05, 3.63) is 35.9 Å². The lowest BCUT2D eigenvalue weighted by Crippen LogP contribution is -2.04. The molecule has 1 rings (SSSR count). The second-order valence-corrected chi connectivity index (χ2v) is 3.67. The molecule has 64 valence electrons. The third-order valence-electron chi connectivity index (χ3n) is 1.52. The largest absolute Gasteiger partial charge is 0.537 e. The number of aliphatic hydroxyl groups is 1. The van der Waals surface area contributed by atoms with Crippen LogP contribution >= 0.6 is 8.03 Å². The Labute approximate surface area is 71.5 Å². The first kappa shape index (κ1) is 9.33. The summed E-state index contributed by atoms with van der Waals surface area (Å²) in [6.07, 6.45) is 0.229. The van der Waals surface area contributed by atoms with Crippen LogP contribution in [0, 0.1) is 0 Å².